The summed E-state index contributed by atoms with van der Waals surface area (Å²) in [5.41, 5.74) is 1.10. The number of aryl methyl sites for hydroxylation is 2. The van der Waals surface area contributed by atoms with Crippen molar-refractivity contribution in [3.8, 4) is 0 Å². The quantitative estimate of drug-likeness (QED) is 0.794. The molecule has 1 heterocycles. The molecule has 1 rings (SSSR count). The minimum absolute atomic E-state index is 0. The molecule has 0 saturated heterocycles. The van der Waals surface area contributed by atoms with Crippen LogP contribution in [0.3, 0.4) is 0 Å². The van der Waals surface area contributed by atoms with Gasteiger partial charge >= 0.3 is 0 Å². The maximum atomic E-state index is 3.99. The van der Waals surface area contributed by atoms with Crippen LogP contribution in [0.25, 0.3) is 0 Å². The fraction of sp³-hybridized carbons (Fsp3) is 0.625. The summed E-state index contributed by atoms with van der Waals surface area (Å²) in [6, 6.07) is 0. The first-order chi connectivity index (χ1) is 4.86. The summed E-state index contributed by atoms with van der Waals surface area (Å²) in [6.45, 7) is 5.12. The van der Waals surface area contributed by atoms with Crippen LogP contribution in [0.1, 0.15) is 26.0 Å². The minimum Gasteiger partial charge on any atom is -0.358 e. The van der Waals surface area contributed by atoms with Crippen LogP contribution in [-0.2, 0) is 64.2 Å². The molecule has 1 aromatic heterocycles. The van der Waals surface area contributed by atoms with Crippen molar-refractivity contribution in [1.29, 1.82) is 0 Å². The summed E-state index contributed by atoms with van der Waals surface area (Å²) in [6.07, 6.45) is 4.19. The Balaban J connectivity index is -0.000000333. The van der Waals surface area contributed by atoms with Gasteiger partial charge in [0.15, 0.2) is 0 Å². The van der Waals surface area contributed by atoms with Crippen molar-refractivity contribution in [1.82, 2.24) is 15.0 Å². The Morgan fingerprint density at radius 2 is 2.00 bits per heavy atom. The second-order valence-corrected chi connectivity index (χ2v) is 2.32. The standard InChI is InChI=1S/C7H13N3.CH3.V.Y/c1-3-5-7-6-10(4-2)9-8-7;;;/h6H,3-5H2,1-2H3;1H3;;/q;-1;;. The monoisotopic (exact) mass is 294 g/mol. The molecule has 1 aromatic rings. The van der Waals surface area contributed by atoms with Crippen molar-refractivity contribution in [3.63, 3.8) is 0 Å². The Morgan fingerprint density at radius 3 is 2.38 bits per heavy atom. The number of rotatable bonds is 3. The summed E-state index contributed by atoms with van der Waals surface area (Å²) in [4.78, 5) is 0. The smallest absolute Gasteiger partial charge is 0.0827 e. The molecule has 2 radical (unpaired) electrons. The topological polar surface area (TPSA) is 30.7 Å². The zero-order valence-corrected chi connectivity index (χ0v) is 12.8. The van der Waals surface area contributed by atoms with E-state index in [2.05, 4.69) is 24.2 Å². The van der Waals surface area contributed by atoms with Crippen LogP contribution in [0.2, 0.25) is 0 Å². The van der Waals surface area contributed by atoms with Crippen LogP contribution in [0.5, 0.6) is 0 Å². The predicted octanol–water partition coefficient (Wildman–Crippen LogP) is 1.70. The van der Waals surface area contributed by atoms with Gasteiger partial charge in [0.25, 0.3) is 0 Å². The predicted molar refractivity (Wildman–Crippen MR) is 46.1 cm³/mol. The van der Waals surface area contributed by atoms with Gasteiger partial charge in [0.1, 0.15) is 0 Å². The molecular formula is C8H16N3VY-. The molecule has 0 N–H and O–H groups in total. The van der Waals surface area contributed by atoms with E-state index in [0.717, 1.165) is 25.1 Å². The third kappa shape index (κ3) is 6.84. The molecule has 0 saturated carbocycles. The van der Waals surface area contributed by atoms with Gasteiger partial charge in [-0.15, -0.1) is 5.10 Å². The number of hydrogen-bond donors (Lipinski definition) is 0. The summed E-state index contributed by atoms with van der Waals surface area (Å²) in [5.74, 6) is 0. The Bertz CT molecular complexity index is 203. The Hall–Kier alpha value is 0.828. The third-order valence-corrected chi connectivity index (χ3v) is 1.42. The van der Waals surface area contributed by atoms with Gasteiger partial charge in [-0.25, -0.2) is 0 Å². The number of aromatic nitrogens is 3. The van der Waals surface area contributed by atoms with Crippen LogP contribution in [-0.4, -0.2) is 15.0 Å². The molecule has 0 spiro atoms. The molecule has 0 amide bonds. The maximum absolute atomic E-state index is 3.99. The average Bonchev–Trinajstić information content (AvgIpc) is 2.37. The van der Waals surface area contributed by atoms with Crippen molar-refractivity contribution >= 4 is 0 Å². The molecule has 0 aliphatic carbocycles. The first kappa shape index (κ1) is 19.4. The molecule has 0 aromatic carbocycles. The zero-order valence-electron chi connectivity index (χ0n) is 8.56. The molecule has 0 atom stereocenters. The van der Waals surface area contributed by atoms with Crippen molar-refractivity contribution < 1.29 is 51.3 Å². The van der Waals surface area contributed by atoms with Crippen molar-refractivity contribution in [2.75, 3.05) is 0 Å². The van der Waals surface area contributed by atoms with E-state index in [0.29, 0.717) is 0 Å². The van der Waals surface area contributed by atoms with Gasteiger partial charge < -0.3 is 7.43 Å². The number of hydrogen-bond acceptors (Lipinski definition) is 2. The van der Waals surface area contributed by atoms with Crippen LogP contribution >= 0.6 is 0 Å². The molecule has 3 nitrogen and oxygen atoms in total. The van der Waals surface area contributed by atoms with Gasteiger partial charge in [0, 0.05) is 64.0 Å². The number of nitrogens with zero attached hydrogens (tertiary/aromatic N) is 3. The van der Waals surface area contributed by atoms with Crippen LogP contribution in [0.15, 0.2) is 6.20 Å². The van der Waals surface area contributed by atoms with Crippen molar-refractivity contribution in [2.45, 2.75) is 33.2 Å². The van der Waals surface area contributed by atoms with Crippen LogP contribution in [0.4, 0.5) is 0 Å². The Labute approximate surface area is 118 Å². The largest absolute Gasteiger partial charge is 0.358 e. The second kappa shape index (κ2) is 10.9. The molecule has 5 heteroatoms. The van der Waals surface area contributed by atoms with E-state index in [1.165, 1.54) is 0 Å². The molecule has 0 fully saturated rings. The van der Waals surface area contributed by atoms with Gasteiger partial charge in [0.2, 0.25) is 0 Å². The van der Waals surface area contributed by atoms with E-state index in [1.54, 1.807) is 0 Å². The van der Waals surface area contributed by atoms with Crippen LogP contribution < -0.4 is 0 Å². The van der Waals surface area contributed by atoms with Gasteiger partial charge in [-0.05, 0) is 13.3 Å². The van der Waals surface area contributed by atoms with Gasteiger partial charge in [0.05, 0.1) is 5.69 Å². The van der Waals surface area contributed by atoms with Crippen molar-refractivity contribution in [2.24, 2.45) is 0 Å². The van der Waals surface area contributed by atoms with E-state index >= 15 is 0 Å². The molecular weight excluding hydrogens is 278 g/mol. The SMILES string of the molecule is CCCc1cn(CC)nn1.[CH3-].[V].[Y]. The zero-order chi connectivity index (χ0) is 7.40. The molecule has 0 unspecified atom stereocenters. The Kier molecular flexibility index (Phi) is 16.3. The molecule has 0 bridgehead atoms. The summed E-state index contributed by atoms with van der Waals surface area (Å²) < 4.78 is 1.85. The molecule has 0 aliphatic heterocycles. The fourth-order valence-electron chi connectivity index (χ4n) is 0.864. The van der Waals surface area contributed by atoms with Crippen LogP contribution in [0, 0.1) is 7.43 Å². The molecule has 72 valence electrons. The summed E-state index contributed by atoms with van der Waals surface area (Å²) in [5, 5.41) is 7.91. The molecule has 0 aliphatic rings. The van der Waals surface area contributed by atoms with Crippen molar-refractivity contribution in [3.05, 3.63) is 19.3 Å². The van der Waals surface area contributed by atoms with E-state index in [-0.39, 0.29) is 58.7 Å². The third-order valence-electron chi connectivity index (χ3n) is 1.42. The van der Waals surface area contributed by atoms with E-state index < -0.39 is 0 Å². The first-order valence-electron chi connectivity index (χ1n) is 3.75. The van der Waals surface area contributed by atoms with Gasteiger partial charge in [-0.1, -0.05) is 18.6 Å². The summed E-state index contributed by atoms with van der Waals surface area (Å²) >= 11 is 0. The Morgan fingerprint density at radius 1 is 1.38 bits per heavy atom. The van der Waals surface area contributed by atoms with E-state index in [4.69, 9.17) is 0 Å². The summed E-state index contributed by atoms with van der Waals surface area (Å²) in [7, 11) is 0. The van der Waals surface area contributed by atoms with Gasteiger partial charge in [-0.3, -0.25) is 4.68 Å². The van der Waals surface area contributed by atoms with Gasteiger partial charge in [-0.2, -0.15) is 0 Å². The second-order valence-electron chi connectivity index (χ2n) is 2.32. The minimum atomic E-state index is 0. The van der Waals surface area contributed by atoms with E-state index in [9.17, 15) is 0 Å². The van der Waals surface area contributed by atoms with E-state index in [1.807, 2.05) is 10.9 Å². The average molecular weight is 294 g/mol. The normalized spacial score (nSPS) is 7.85. The first-order valence-corrected chi connectivity index (χ1v) is 3.75. The molecule has 13 heavy (non-hydrogen) atoms. The fourth-order valence-corrected chi connectivity index (χ4v) is 0.864. The maximum Gasteiger partial charge on any atom is 0.0827 e.